The van der Waals surface area contributed by atoms with Gasteiger partial charge in [-0.05, 0) is 69.4 Å². The van der Waals surface area contributed by atoms with E-state index in [0.29, 0.717) is 0 Å². The van der Waals surface area contributed by atoms with Crippen molar-refractivity contribution in [1.82, 2.24) is 9.47 Å². The van der Waals surface area contributed by atoms with Crippen molar-refractivity contribution in [3.63, 3.8) is 0 Å². The highest BCUT2D eigenvalue weighted by Gasteiger charge is 2.28. The van der Waals surface area contributed by atoms with Gasteiger partial charge in [-0.15, -0.1) is 0 Å². The van der Waals surface area contributed by atoms with Gasteiger partial charge in [0.15, 0.2) is 0 Å². The predicted molar refractivity (Wildman–Crippen MR) is 91.9 cm³/mol. The van der Waals surface area contributed by atoms with Gasteiger partial charge < -0.3 is 9.67 Å². The van der Waals surface area contributed by atoms with Crippen LogP contribution in [0.4, 0.5) is 0 Å². The molecule has 0 bridgehead atoms. The van der Waals surface area contributed by atoms with Crippen LogP contribution in [0.15, 0.2) is 18.3 Å². The molecule has 0 amide bonds. The molecule has 1 aliphatic rings. The number of fused-ring (bicyclic) bond motifs is 2. The van der Waals surface area contributed by atoms with Gasteiger partial charge in [0.2, 0.25) is 0 Å². The van der Waals surface area contributed by atoms with Crippen molar-refractivity contribution in [3.8, 4) is 0 Å². The van der Waals surface area contributed by atoms with E-state index in [1.807, 2.05) is 6.92 Å². The molecule has 0 fully saturated rings. The third-order valence-electron chi connectivity index (χ3n) is 4.90. The monoisotopic (exact) mass is 300 g/mol. The van der Waals surface area contributed by atoms with E-state index in [0.717, 1.165) is 25.9 Å². The zero-order chi connectivity index (χ0) is 16.1. The molecule has 22 heavy (non-hydrogen) atoms. The van der Waals surface area contributed by atoms with Gasteiger partial charge in [-0.25, -0.2) is 0 Å². The lowest BCUT2D eigenvalue weighted by Gasteiger charge is -2.31. The summed E-state index contributed by atoms with van der Waals surface area (Å²) in [6.07, 6.45) is 3.76. The molecule has 1 aliphatic heterocycles. The Labute approximate surface area is 133 Å². The number of aromatic nitrogens is 1. The SMILES string of the molecule is CC(O)CCc1cn(C)c2cc3c(cc12)CN(C(C)(C)C)C3. The van der Waals surface area contributed by atoms with Crippen molar-refractivity contribution >= 4 is 10.9 Å². The Kier molecular flexibility index (Phi) is 3.82. The summed E-state index contributed by atoms with van der Waals surface area (Å²) in [6.45, 7) is 10.8. The van der Waals surface area contributed by atoms with Crippen molar-refractivity contribution in [2.24, 2.45) is 7.05 Å². The molecule has 0 radical (unpaired) electrons. The minimum atomic E-state index is -0.235. The Morgan fingerprint density at radius 3 is 2.41 bits per heavy atom. The molecule has 0 saturated carbocycles. The third-order valence-corrected chi connectivity index (χ3v) is 4.90. The average Bonchev–Trinajstić information content (AvgIpc) is 2.95. The molecule has 1 aromatic heterocycles. The third kappa shape index (κ3) is 2.80. The van der Waals surface area contributed by atoms with Crippen LogP contribution in [-0.4, -0.2) is 26.2 Å². The van der Waals surface area contributed by atoms with Gasteiger partial charge in [-0.3, -0.25) is 4.90 Å². The molecular formula is C19H28N2O. The topological polar surface area (TPSA) is 28.4 Å². The van der Waals surface area contributed by atoms with Crippen molar-refractivity contribution in [3.05, 3.63) is 35.0 Å². The molecule has 1 unspecified atom stereocenters. The van der Waals surface area contributed by atoms with Crippen LogP contribution in [0.3, 0.4) is 0 Å². The van der Waals surface area contributed by atoms with Crippen LogP contribution in [0.1, 0.15) is 50.8 Å². The number of aliphatic hydroxyl groups is 1. The summed E-state index contributed by atoms with van der Waals surface area (Å²) >= 11 is 0. The predicted octanol–water partition coefficient (Wildman–Crippen LogP) is 3.61. The zero-order valence-corrected chi connectivity index (χ0v) is 14.5. The lowest BCUT2D eigenvalue weighted by atomic mass is 10.0. The Morgan fingerprint density at radius 1 is 1.18 bits per heavy atom. The molecule has 2 aromatic rings. The summed E-state index contributed by atoms with van der Waals surface area (Å²) in [5.41, 5.74) is 5.81. The molecule has 3 nitrogen and oxygen atoms in total. The number of hydrogen-bond acceptors (Lipinski definition) is 2. The first kappa shape index (κ1) is 15.6. The van der Waals surface area contributed by atoms with Crippen molar-refractivity contribution < 1.29 is 5.11 Å². The van der Waals surface area contributed by atoms with Crippen molar-refractivity contribution in [1.29, 1.82) is 0 Å². The van der Waals surface area contributed by atoms with E-state index in [2.05, 4.69) is 55.6 Å². The largest absolute Gasteiger partial charge is 0.393 e. The molecule has 1 N–H and O–H groups in total. The maximum Gasteiger partial charge on any atom is 0.0515 e. The Balaban J connectivity index is 1.97. The molecule has 0 aliphatic carbocycles. The van der Waals surface area contributed by atoms with Crippen LogP contribution in [-0.2, 0) is 26.6 Å². The van der Waals surface area contributed by atoms with E-state index in [9.17, 15) is 5.11 Å². The van der Waals surface area contributed by atoms with Crippen LogP contribution in [0, 0.1) is 0 Å². The zero-order valence-electron chi connectivity index (χ0n) is 14.5. The number of hydrogen-bond donors (Lipinski definition) is 1. The van der Waals surface area contributed by atoms with Crippen molar-refractivity contribution in [2.45, 2.75) is 65.3 Å². The number of rotatable bonds is 3. The normalized spacial score (nSPS) is 17.2. The van der Waals surface area contributed by atoms with E-state index in [4.69, 9.17) is 0 Å². The molecule has 0 saturated heterocycles. The maximum atomic E-state index is 9.56. The minimum absolute atomic E-state index is 0.209. The van der Waals surface area contributed by atoms with E-state index >= 15 is 0 Å². The number of aliphatic hydroxyl groups excluding tert-OH is 1. The van der Waals surface area contributed by atoms with Gasteiger partial charge in [-0.2, -0.15) is 0 Å². The average molecular weight is 300 g/mol. The van der Waals surface area contributed by atoms with Crippen LogP contribution < -0.4 is 0 Å². The molecule has 0 spiro atoms. The smallest absolute Gasteiger partial charge is 0.0515 e. The van der Waals surface area contributed by atoms with E-state index in [1.54, 1.807) is 0 Å². The lowest BCUT2D eigenvalue weighted by Crippen LogP contribution is -2.36. The number of nitrogens with zero attached hydrogens (tertiary/aromatic N) is 2. The summed E-state index contributed by atoms with van der Waals surface area (Å²) < 4.78 is 2.23. The van der Waals surface area contributed by atoms with Crippen molar-refractivity contribution in [2.75, 3.05) is 0 Å². The van der Waals surface area contributed by atoms with Crippen LogP contribution in [0.25, 0.3) is 10.9 Å². The second-order valence-electron chi connectivity index (χ2n) is 7.82. The Hall–Kier alpha value is -1.32. The molecule has 2 heterocycles. The first-order valence-electron chi connectivity index (χ1n) is 8.28. The summed E-state index contributed by atoms with van der Waals surface area (Å²) in [5, 5.41) is 10.9. The number of benzene rings is 1. The quantitative estimate of drug-likeness (QED) is 0.938. The summed E-state index contributed by atoms with van der Waals surface area (Å²) in [5.74, 6) is 0. The van der Waals surface area contributed by atoms with Gasteiger partial charge in [0.05, 0.1) is 6.10 Å². The standard InChI is InChI=1S/C19H28N2O/c1-13(22)6-7-14-10-20(5)18-9-16-12-21(19(2,3)4)11-15(16)8-17(14)18/h8-10,13,22H,6-7,11-12H2,1-5H3. The Morgan fingerprint density at radius 2 is 1.82 bits per heavy atom. The summed E-state index contributed by atoms with van der Waals surface area (Å²) in [4.78, 5) is 2.53. The summed E-state index contributed by atoms with van der Waals surface area (Å²) in [6, 6.07) is 4.75. The van der Waals surface area contributed by atoms with E-state index in [1.165, 1.54) is 27.6 Å². The second kappa shape index (κ2) is 5.39. The fraction of sp³-hybridized carbons (Fsp3) is 0.579. The minimum Gasteiger partial charge on any atom is -0.393 e. The molecule has 3 rings (SSSR count). The van der Waals surface area contributed by atoms with E-state index < -0.39 is 0 Å². The highest BCUT2D eigenvalue weighted by atomic mass is 16.3. The molecule has 3 heteroatoms. The van der Waals surface area contributed by atoms with Gasteiger partial charge >= 0.3 is 0 Å². The summed E-state index contributed by atoms with van der Waals surface area (Å²) in [7, 11) is 2.12. The lowest BCUT2D eigenvalue weighted by molar-refractivity contribution is 0.136. The van der Waals surface area contributed by atoms with E-state index in [-0.39, 0.29) is 11.6 Å². The van der Waals surface area contributed by atoms with Gasteiger partial charge in [0.1, 0.15) is 0 Å². The first-order valence-corrected chi connectivity index (χ1v) is 8.28. The molecule has 1 atom stereocenters. The van der Waals surface area contributed by atoms with Crippen LogP contribution in [0.5, 0.6) is 0 Å². The molecular weight excluding hydrogens is 272 g/mol. The fourth-order valence-electron chi connectivity index (χ4n) is 3.40. The fourth-order valence-corrected chi connectivity index (χ4v) is 3.40. The van der Waals surface area contributed by atoms with Gasteiger partial charge in [-0.1, -0.05) is 0 Å². The highest BCUT2D eigenvalue weighted by molar-refractivity contribution is 5.85. The first-order chi connectivity index (χ1) is 10.3. The maximum absolute atomic E-state index is 9.56. The van der Waals surface area contributed by atoms with Gasteiger partial charge in [0, 0.05) is 42.8 Å². The Bertz CT molecular complexity index is 692. The number of aryl methyl sites for hydroxylation is 2. The second-order valence-corrected chi connectivity index (χ2v) is 7.82. The molecule has 120 valence electrons. The van der Waals surface area contributed by atoms with Crippen LogP contribution in [0.2, 0.25) is 0 Å². The highest BCUT2D eigenvalue weighted by Crippen LogP contribution is 2.34. The molecule has 1 aromatic carbocycles. The van der Waals surface area contributed by atoms with Gasteiger partial charge in [0.25, 0.3) is 0 Å². The van der Waals surface area contributed by atoms with Crippen LogP contribution >= 0.6 is 0 Å².